The molecule has 0 amide bonds. The van der Waals surface area contributed by atoms with Crippen molar-refractivity contribution in [2.24, 2.45) is 0 Å². The number of carbonyl (C=O) groups is 1. The van der Waals surface area contributed by atoms with Gasteiger partial charge in [-0.2, -0.15) is 0 Å². The van der Waals surface area contributed by atoms with Crippen LogP contribution in [-0.2, 0) is 4.74 Å². The van der Waals surface area contributed by atoms with Crippen molar-refractivity contribution >= 4 is 23.1 Å². The maximum atomic E-state index is 11.9. The molecule has 0 radical (unpaired) electrons. The monoisotopic (exact) mass is 291 g/mol. The molecule has 0 aliphatic rings. The van der Waals surface area contributed by atoms with Crippen molar-refractivity contribution in [3.05, 3.63) is 40.0 Å². The van der Waals surface area contributed by atoms with Crippen molar-refractivity contribution in [1.29, 1.82) is 0 Å². The second kappa shape index (κ2) is 6.47. The molecule has 20 heavy (non-hydrogen) atoms. The quantitative estimate of drug-likeness (QED) is 0.857. The molecule has 1 N–H and O–H groups in total. The molecule has 0 aliphatic carbocycles. The zero-order valence-corrected chi connectivity index (χ0v) is 12.5. The van der Waals surface area contributed by atoms with E-state index in [4.69, 9.17) is 4.74 Å². The van der Waals surface area contributed by atoms with E-state index in [2.05, 4.69) is 15.3 Å². The zero-order valence-electron chi connectivity index (χ0n) is 11.7. The van der Waals surface area contributed by atoms with Gasteiger partial charge in [-0.1, -0.05) is 0 Å². The highest BCUT2D eigenvalue weighted by atomic mass is 32.1. The number of aryl methyl sites for hydroxylation is 1. The molecule has 0 saturated carbocycles. The van der Waals surface area contributed by atoms with Gasteiger partial charge in [-0.15, -0.1) is 11.3 Å². The lowest BCUT2D eigenvalue weighted by Crippen LogP contribution is -2.13. The number of hydrogen-bond acceptors (Lipinski definition) is 6. The minimum absolute atomic E-state index is 0.0169. The molecule has 5 nitrogen and oxygen atoms in total. The second-order valence-electron chi connectivity index (χ2n) is 4.30. The minimum atomic E-state index is -0.370. The summed E-state index contributed by atoms with van der Waals surface area (Å²) in [5.41, 5.74) is 0.439. The van der Waals surface area contributed by atoms with Crippen LogP contribution in [0, 0.1) is 6.92 Å². The molecular formula is C14H17N3O2S. The van der Waals surface area contributed by atoms with Crippen LogP contribution in [0.4, 0.5) is 5.82 Å². The number of nitrogens with zero attached hydrogens (tertiary/aromatic N) is 2. The number of pyridine rings is 1. The maximum absolute atomic E-state index is 11.9. The van der Waals surface area contributed by atoms with E-state index in [9.17, 15) is 4.79 Å². The summed E-state index contributed by atoms with van der Waals surface area (Å²) in [5.74, 6) is 0.150. The van der Waals surface area contributed by atoms with Crippen molar-refractivity contribution < 1.29 is 9.53 Å². The molecular weight excluding hydrogens is 274 g/mol. The summed E-state index contributed by atoms with van der Waals surface area (Å²) in [6.45, 7) is 6.12. The van der Waals surface area contributed by atoms with Gasteiger partial charge in [0, 0.05) is 17.3 Å². The molecule has 1 atom stereocenters. The number of thiazole rings is 1. The van der Waals surface area contributed by atoms with E-state index in [-0.39, 0.29) is 12.0 Å². The molecule has 2 rings (SSSR count). The number of rotatable bonds is 5. The van der Waals surface area contributed by atoms with Gasteiger partial charge in [-0.05, 0) is 32.9 Å². The second-order valence-corrected chi connectivity index (χ2v) is 5.56. The Bertz CT molecular complexity index is 598. The van der Waals surface area contributed by atoms with Gasteiger partial charge in [0.05, 0.1) is 12.6 Å². The van der Waals surface area contributed by atoms with Crippen LogP contribution in [0.3, 0.4) is 0 Å². The van der Waals surface area contributed by atoms with Crippen LogP contribution in [0.2, 0.25) is 0 Å². The Hall–Kier alpha value is -1.95. The van der Waals surface area contributed by atoms with E-state index in [0.29, 0.717) is 18.0 Å². The summed E-state index contributed by atoms with van der Waals surface area (Å²) < 4.78 is 5.03. The summed E-state index contributed by atoms with van der Waals surface area (Å²) in [6, 6.07) is 3.40. The lowest BCUT2D eigenvalue weighted by molar-refractivity contribution is 0.0527. The number of aromatic nitrogens is 2. The number of esters is 1. The fraction of sp³-hybridized carbons (Fsp3) is 0.357. The Morgan fingerprint density at radius 3 is 2.95 bits per heavy atom. The Balaban J connectivity index is 2.18. The lowest BCUT2D eigenvalue weighted by atomic mass is 10.2. The van der Waals surface area contributed by atoms with E-state index >= 15 is 0 Å². The Labute approximate surface area is 122 Å². The fourth-order valence-electron chi connectivity index (χ4n) is 1.73. The SMILES string of the molecule is CCOC(=O)c1cccnc1NC(C)c1ncc(C)s1. The molecule has 0 aliphatic heterocycles. The lowest BCUT2D eigenvalue weighted by Gasteiger charge is -2.14. The van der Waals surface area contributed by atoms with Gasteiger partial charge in [0.25, 0.3) is 0 Å². The van der Waals surface area contributed by atoms with E-state index in [1.54, 1.807) is 36.6 Å². The average Bonchev–Trinajstić information content (AvgIpc) is 2.86. The van der Waals surface area contributed by atoms with Gasteiger partial charge in [0.2, 0.25) is 0 Å². The largest absolute Gasteiger partial charge is 0.462 e. The van der Waals surface area contributed by atoms with Crippen molar-refractivity contribution in [3.63, 3.8) is 0 Å². The van der Waals surface area contributed by atoms with Crippen molar-refractivity contribution in [3.8, 4) is 0 Å². The highest BCUT2D eigenvalue weighted by molar-refractivity contribution is 7.11. The smallest absolute Gasteiger partial charge is 0.341 e. The normalized spacial score (nSPS) is 11.9. The van der Waals surface area contributed by atoms with Crippen LogP contribution in [0.1, 0.15) is 40.1 Å². The third-order valence-corrected chi connectivity index (χ3v) is 3.76. The van der Waals surface area contributed by atoms with Crippen LogP contribution in [0.15, 0.2) is 24.5 Å². The summed E-state index contributed by atoms with van der Waals surface area (Å²) >= 11 is 1.62. The van der Waals surface area contributed by atoms with E-state index in [1.807, 2.05) is 20.0 Å². The molecule has 0 fully saturated rings. The number of ether oxygens (including phenoxy) is 1. The van der Waals surface area contributed by atoms with Crippen LogP contribution < -0.4 is 5.32 Å². The first-order valence-electron chi connectivity index (χ1n) is 6.42. The van der Waals surface area contributed by atoms with E-state index in [0.717, 1.165) is 9.88 Å². The first-order chi connectivity index (χ1) is 9.61. The number of carbonyl (C=O) groups excluding carboxylic acids is 1. The average molecular weight is 291 g/mol. The highest BCUT2D eigenvalue weighted by Crippen LogP contribution is 2.24. The van der Waals surface area contributed by atoms with Gasteiger partial charge in [0.15, 0.2) is 0 Å². The van der Waals surface area contributed by atoms with Gasteiger partial charge >= 0.3 is 5.97 Å². The van der Waals surface area contributed by atoms with Gasteiger partial charge < -0.3 is 10.1 Å². The molecule has 6 heteroatoms. The predicted molar refractivity (Wildman–Crippen MR) is 79.1 cm³/mol. The zero-order chi connectivity index (χ0) is 14.5. The van der Waals surface area contributed by atoms with E-state index in [1.165, 1.54) is 0 Å². The Morgan fingerprint density at radius 2 is 2.30 bits per heavy atom. The molecule has 2 aromatic rings. The standard InChI is InChI=1S/C14H17N3O2S/c1-4-19-14(18)11-6-5-7-15-12(11)17-10(3)13-16-8-9(2)20-13/h5-8,10H,4H2,1-3H3,(H,15,17). The summed E-state index contributed by atoms with van der Waals surface area (Å²) in [5, 5.41) is 4.18. The molecule has 0 aromatic carbocycles. The molecule has 0 spiro atoms. The van der Waals surface area contributed by atoms with Gasteiger partial charge in [0.1, 0.15) is 16.4 Å². The summed E-state index contributed by atoms with van der Waals surface area (Å²) in [4.78, 5) is 21.6. The van der Waals surface area contributed by atoms with Crippen molar-refractivity contribution in [2.45, 2.75) is 26.8 Å². The third kappa shape index (κ3) is 3.33. The number of nitrogens with one attached hydrogen (secondary N) is 1. The third-order valence-electron chi connectivity index (χ3n) is 2.67. The molecule has 0 saturated heterocycles. The van der Waals surface area contributed by atoms with Gasteiger partial charge in [-0.3, -0.25) is 0 Å². The van der Waals surface area contributed by atoms with Gasteiger partial charge in [-0.25, -0.2) is 14.8 Å². The molecule has 2 heterocycles. The topological polar surface area (TPSA) is 64.1 Å². The first kappa shape index (κ1) is 14.5. The molecule has 1 unspecified atom stereocenters. The van der Waals surface area contributed by atoms with Crippen LogP contribution >= 0.6 is 11.3 Å². The van der Waals surface area contributed by atoms with Crippen LogP contribution in [0.5, 0.6) is 0 Å². The van der Waals surface area contributed by atoms with Crippen molar-refractivity contribution in [2.75, 3.05) is 11.9 Å². The summed E-state index contributed by atoms with van der Waals surface area (Å²) in [7, 11) is 0. The van der Waals surface area contributed by atoms with Crippen LogP contribution in [-0.4, -0.2) is 22.5 Å². The van der Waals surface area contributed by atoms with Crippen LogP contribution in [0.25, 0.3) is 0 Å². The van der Waals surface area contributed by atoms with Crippen molar-refractivity contribution in [1.82, 2.24) is 9.97 Å². The Kier molecular flexibility index (Phi) is 4.68. The highest BCUT2D eigenvalue weighted by Gasteiger charge is 2.16. The fourth-order valence-corrected chi connectivity index (χ4v) is 2.51. The van der Waals surface area contributed by atoms with E-state index < -0.39 is 0 Å². The minimum Gasteiger partial charge on any atom is -0.462 e. The molecule has 106 valence electrons. The summed E-state index contributed by atoms with van der Waals surface area (Å²) in [6.07, 6.45) is 3.48. The first-order valence-corrected chi connectivity index (χ1v) is 7.24. The predicted octanol–water partition coefficient (Wildman–Crippen LogP) is 3.20. The molecule has 0 bridgehead atoms. The molecule has 2 aromatic heterocycles. The Morgan fingerprint density at radius 1 is 1.50 bits per heavy atom. The number of hydrogen-bond donors (Lipinski definition) is 1. The number of anilines is 1. The maximum Gasteiger partial charge on any atom is 0.341 e.